The van der Waals surface area contributed by atoms with Crippen LogP contribution >= 0.6 is 0 Å². The number of fused-ring (bicyclic) bond motifs is 1. The van der Waals surface area contributed by atoms with E-state index in [4.69, 9.17) is 5.73 Å². The van der Waals surface area contributed by atoms with Crippen LogP contribution in [0.15, 0.2) is 6.20 Å². The normalized spacial score (nSPS) is 17.1. The molecular formula is C10H16N4. The van der Waals surface area contributed by atoms with Gasteiger partial charge in [0.25, 0.3) is 0 Å². The topological polar surface area (TPSA) is 55.0 Å². The maximum absolute atomic E-state index is 5.61. The second-order valence-electron chi connectivity index (χ2n) is 4.00. The summed E-state index contributed by atoms with van der Waals surface area (Å²) in [4.78, 5) is 11.0. The van der Waals surface area contributed by atoms with Crippen LogP contribution in [-0.2, 0) is 13.0 Å². The third-order valence-corrected chi connectivity index (χ3v) is 2.67. The van der Waals surface area contributed by atoms with Gasteiger partial charge in [-0.15, -0.1) is 0 Å². The van der Waals surface area contributed by atoms with Crippen molar-refractivity contribution in [3.63, 3.8) is 0 Å². The molecule has 1 aromatic heterocycles. The Morgan fingerprint density at radius 3 is 2.93 bits per heavy atom. The van der Waals surface area contributed by atoms with Crippen molar-refractivity contribution in [3.05, 3.63) is 17.6 Å². The smallest absolute Gasteiger partial charge is 0.142 e. The third kappa shape index (κ3) is 1.70. The van der Waals surface area contributed by atoms with Gasteiger partial charge in [-0.1, -0.05) is 0 Å². The molecule has 0 atom stereocenters. The first kappa shape index (κ1) is 9.40. The van der Waals surface area contributed by atoms with Crippen LogP contribution in [0.3, 0.4) is 0 Å². The summed E-state index contributed by atoms with van der Waals surface area (Å²) >= 11 is 0. The molecule has 0 radical (unpaired) electrons. The first-order valence-corrected chi connectivity index (χ1v) is 5.01. The SMILES string of the molecule is CC(C)N1CCc2ncc(N)nc2C1. The second-order valence-corrected chi connectivity index (χ2v) is 4.00. The van der Waals surface area contributed by atoms with E-state index in [1.807, 2.05) is 0 Å². The quantitative estimate of drug-likeness (QED) is 0.716. The summed E-state index contributed by atoms with van der Waals surface area (Å²) < 4.78 is 0. The van der Waals surface area contributed by atoms with Crippen molar-refractivity contribution in [3.8, 4) is 0 Å². The largest absolute Gasteiger partial charge is 0.382 e. The number of hydrogen-bond acceptors (Lipinski definition) is 4. The van der Waals surface area contributed by atoms with Crippen LogP contribution in [0.1, 0.15) is 25.2 Å². The van der Waals surface area contributed by atoms with Gasteiger partial charge in [0.1, 0.15) is 5.82 Å². The highest BCUT2D eigenvalue weighted by atomic mass is 15.2. The number of nitrogen functional groups attached to an aromatic ring is 1. The fraction of sp³-hybridized carbons (Fsp3) is 0.600. The third-order valence-electron chi connectivity index (χ3n) is 2.67. The predicted molar refractivity (Wildman–Crippen MR) is 55.7 cm³/mol. The van der Waals surface area contributed by atoms with Gasteiger partial charge >= 0.3 is 0 Å². The molecule has 0 spiro atoms. The minimum atomic E-state index is 0.523. The van der Waals surface area contributed by atoms with Gasteiger partial charge in [0, 0.05) is 25.6 Å². The molecule has 0 aliphatic carbocycles. The van der Waals surface area contributed by atoms with Gasteiger partial charge in [-0.3, -0.25) is 9.88 Å². The van der Waals surface area contributed by atoms with Crippen molar-refractivity contribution in [2.45, 2.75) is 32.9 Å². The molecule has 14 heavy (non-hydrogen) atoms. The lowest BCUT2D eigenvalue weighted by molar-refractivity contribution is 0.198. The van der Waals surface area contributed by atoms with Crippen molar-refractivity contribution in [1.82, 2.24) is 14.9 Å². The highest BCUT2D eigenvalue weighted by molar-refractivity contribution is 5.28. The summed E-state index contributed by atoms with van der Waals surface area (Å²) in [7, 11) is 0. The number of rotatable bonds is 1. The fourth-order valence-electron chi connectivity index (χ4n) is 1.76. The lowest BCUT2D eigenvalue weighted by atomic mass is 10.1. The van der Waals surface area contributed by atoms with E-state index in [1.165, 1.54) is 0 Å². The summed E-state index contributed by atoms with van der Waals surface area (Å²) in [6, 6.07) is 0.561. The Labute approximate surface area is 84.2 Å². The molecule has 1 aliphatic rings. The van der Waals surface area contributed by atoms with Crippen molar-refractivity contribution in [2.75, 3.05) is 12.3 Å². The van der Waals surface area contributed by atoms with Crippen LogP contribution in [0.2, 0.25) is 0 Å². The number of hydrogen-bond donors (Lipinski definition) is 1. The molecule has 4 nitrogen and oxygen atoms in total. The maximum atomic E-state index is 5.61. The lowest BCUT2D eigenvalue weighted by Crippen LogP contribution is -2.36. The van der Waals surface area contributed by atoms with Gasteiger partial charge in [-0.25, -0.2) is 4.98 Å². The number of aromatic nitrogens is 2. The molecule has 0 saturated heterocycles. The Bertz CT molecular complexity index is 335. The van der Waals surface area contributed by atoms with Gasteiger partial charge in [0.05, 0.1) is 17.6 Å². The standard InChI is InChI=1S/C10H16N4/c1-7(2)14-4-3-8-9(6-14)13-10(11)5-12-8/h5,7H,3-4,6H2,1-2H3,(H2,11,13). The monoisotopic (exact) mass is 192 g/mol. The average molecular weight is 192 g/mol. The summed E-state index contributed by atoms with van der Waals surface area (Å²) in [6.07, 6.45) is 2.63. The zero-order valence-corrected chi connectivity index (χ0v) is 8.70. The van der Waals surface area contributed by atoms with Gasteiger partial charge in [-0.2, -0.15) is 0 Å². The second kappa shape index (κ2) is 3.53. The number of nitrogens with zero attached hydrogens (tertiary/aromatic N) is 3. The van der Waals surface area contributed by atoms with Gasteiger partial charge in [0.2, 0.25) is 0 Å². The summed E-state index contributed by atoms with van der Waals surface area (Å²) in [5.74, 6) is 0.523. The van der Waals surface area contributed by atoms with E-state index in [9.17, 15) is 0 Å². The van der Waals surface area contributed by atoms with E-state index in [-0.39, 0.29) is 0 Å². The molecule has 1 aliphatic heterocycles. The summed E-state index contributed by atoms with van der Waals surface area (Å²) in [5.41, 5.74) is 7.77. The zero-order valence-electron chi connectivity index (χ0n) is 8.70. The predicted octanol–water partition coefficient (Wildman–Crippen LogP) is 0.825. The van der Waals surface area contributed by atoms with Crippen LogP contribution < -0.4 is 5.73 Å². The van der Waals surface area contributed by atoms with E-state index in [0.717, 1.165) is 30.9 Å². The Morgan fingerprint density at radius 1 is 1.43 bits per heavy atom. The molecule has 4 heteroatoms. The van der Waals surface area contributed by atoms with Crippen LogP contribution in [0.25, 0.3) is 0 Å². The number of nitrogens with two attached hydrogens (primary N) is 1. The Balaban J connectivity index is 2.24. The van der Waals surface area contributed by atoms with Gasteiger partial charge < -0.3 is 5.73 Å². The first-order valence-electron chi connectivity index (χ1n) is 5.01. The zero-order chi connectivity index (χ0) is 10.1. The Kier molecular flexibility index (Phi) is 2.37. The molecule has 0 bridgehead atoms. The minimum absolute atomic E-state index is 0.523. The van der Waals surface area contributed by atoms with E-state index >= 15 is 0 Å². The number of anilines is 1. The Hall–Kier alpha value is -1.16. The van der Waals surface area contributed by atoms with Crippen molar-refractivity contribution >= 4 is 5.82 Å². The first-order chi connectivity index (χ1) is 6.66. The molecule has 0 amide bonds. The highest BCUT2D eigenvalue weighted by Gasteiger charge is 2.20. The molecule has 76 valence electrons. The van der Waals surface area contributed by atoms with Gasteiger partial charge in [-0.05, 0) is 13.8 Å². The van der Waals surface area contributed by atoms with Crippen LogP contribution in [0.5, 0.6) is 0 Å². The minimum Gasteiger partial charge on any atom is -0.382 e. The maximum Gasteiger partial charge on any atom is 0.142 e. The van der Waals surface area contributed by atoms with Crippen LogP contribution in [0, 0.1) is 0 Å². The molecule has 0 unspecified atom stereocenters. The van der Waals surface area contributed by atoms with Crippen LogP contribution in [0.4, 0.5) is 5.82 Å². The Morgan fingerprint density at radius 2 is 2.21 bits per heavy atom. The molecular weight excluding hydrogens is 176 g/mol. The van der Waals surface area contributed by atoms with Crippen LogP contribution in [-0.4, -0.2) is 27.5 Å². The molecule has 2 heterocycles. The van der Waals surface area contributed by atoms with Crippen molar-refractivity contribution < 1.29 is 0 Å². The lowest BCUT2D eigenvalue weighted by Gasteiger charge is -2.30. The van der Waals surface area contributed by atoms with E-state index in [2.05, 4.69) is 28.7 Å². The molecule has 1 aromatic rings. The van der Waals surface area contributed by atoms with Gasteiger partial charge in [0.15, 0.2) is 0 Å². The van der Waals surface area contributed by atoms with E-state index in [0.29, 0.717) is 11.9 Å². The fourth-order valence-corrected chi connectivity index (χ4v) is 1.76. The van der Waals surface area contributed by atoms with Crippen molar-refractivity contribution in [1.29, 1.82) is 0 Å². The highest BCUT2D eigenvalue weighted by Crippen LogP contribution is 2.17. The molecule has 0 saturated carbocycles. The van der Waals surface area contributed by atoms with Crippen molar-refractivity contribution in [2.24, 2.45) is 0 Å². The summed E-state index contributed by atoms with van der Waals surface area (Å²) in [5, 5.41) is 0. The molecule has 2 N–H and O–H groups in total. The van der Waals surface area contributed by atoms with E-state index in [1.54, 1.807) is 6.20 Å². The molecule has 0 aromatic carbocycles. The average Bonchev–Trinajstić information content (AvgIpc) is 2.16. The molecule has 0 fully saturated rings. The molecule has 2 rings (SSSR count). The van der Waals surface area contributed by atoms with E-state index < -0.39 is 0 Å². The summed E-state index contributed by atoms with van der Waals surface area (Å²) in [6.45, 7) is 6.35.